The summed E-state index contributed by atoms with van der Waals surface area (Å²) in [6.45, 7) is 0.874. The predicted octanol–water partition coefficient (Wildman–Crippen LogP) is 3.35. The average Bonchev–Trinajstić information content (AvgIpc) is 3.11. The monoisotopic (exact) mass is 473 g/mol. The third-order valence-corrected chi connectivity index (χ3v) is 8.83. The van der Waals surface area contributed by atoms with Gasteiger partial charge in [-0.1, -0.05) is 31.0 Å². The molecular weight excluding hydrogens is 446 g/mol. The van der Waals surface area contributed by atoms with Crippen molar-refractivity contribution < 1.29 is 18.0 Å². The number of likely N-dealkylation sites (N-methyl/N-ethyl adjacent to an activating group) is 1. The Hall–Kier alpha value is -2.36. The zero-order valence-corrected chi connectivity index (χ0v) is 19.7. The van der Waals surface area contributed by atoms with Gasteiger partial charge in [-0.3, -0.25) is 9.59 Å². The lowest BCUT2D eigenvalue weighted by molar-refractivity contribution is -0.121. The van der Waals surface area contributed by atoms with Crippen molar-refractivity contribution in [2.45, 2.75) is 35.5 Å². The summed E-state index contributed by atoms with van der Waals surface area (Å²) in [7, 11) is -1.99. The van der Waals surface area contributed by atoms with Gasteiger partial charge in [0.2, 0.25) is 21.8 Å². The van der Waals surface area contributed by atoms with Crippen LogP contribution in [0.3, 0.4) is 0 Å². The number of para-hydroxylation sites is 1. The molecule has 2 aliphatic rings. The summed E-state index contributed by atoms with van der Waals surface area (Å²) in [6.07, 6.45) is 3.77. The van der Waals surface area contributed by atoms with Gasteiger partial charge in [0.15, 0.2) is 0 Å². The van der Waals surface area contributed by atoms with Gasteiger partial charge < -0.3 is 9.80 Å². The van der Waals surface area contributed by atoms with Crippen LogP contribution in [0.1, 0.15) is 25.7 Å². The normalized spacial score (nSPS) is 17.5. The minimum Gasteiger partial charge on any atom is -0.314 e. The number of sulfonamides is 1. The van der Waals surface area contributed by atoms with Crippen molar-refractivity contribution in [3.05, 3.63) is 48.5 Å². The summed E-state index contributed by atoms with van der Waals surface area (Å²) >= 11 is 1.37. The van der Waals surface area contributed by atoms with Crippen LogP contribution in [0.4, 0.5) is 11.4 Å². The Morgan fingerprint density at radius 3 is 2.41 bits per heavy atom. The van der Waals surface area contributed by atoms with Crippen molar-refractivity contribution in [2.75, 3.05) is 42.2 Å². The first-order valence-electron chi connectivity index (χ1n) is 10.8. The highest BCUT2D eigenvalue weighted by atomic mass is 32.2. The lowest BCUT2D eigenvalue weighted by atomic mass is 10.2. The zero-order valence-electron chi connectivity index (χ0n) is 18.1. The highest BCUT2D eigenvalue weighted by molar-refractivity contribution is 8.00. The quantitative estimate of drug-likeness (QED) is 0.666. The number of anilines is 2. The van der Waals surface area contributed by atoms with E-state index in [0.29, 0.717) is 18.8 Å². The maximum atomic E-state index is 13.3. The maximum Gasteiger partial charge on any atom is 0.246 e. The molecule has 7 nitrogen and oxygen atoms in total. The highest BCUT2D eigenvalue weighted by Gasteiger charge is 2.31. The van der Waals surface area contributed by atoms with Crippen molar-refractivity contribution in [3.63, 3.8) is 0 Å². The fraction of sp³-hybridized carbons (Fsp3) is 0.391. The van der Waals surface area contributed by atoms with E-state index >= 15 is 0 Å². The molecule has 0 spiro atoms. The minimum atomic E-state index is -3.66. The fourth-order valence-electron chi connectivity index (χ4n) is 3.98. The van der Waals surface area contributed by atoms with Gasteiger partial charge in [-0.05, 0) is 43.2 Å². The number of nitrogens with zero attached hydrogens (tertiary/aromatic N) is 3. The molecule has 32 heavy (non-hydrogen) atoms. The summed E-state index contributed by atoms with van der Waals surface area (Å²) in [5.74, 6) is -0.238. The molecule has 170 valence electrons. The van der Waals surface area contributed by atoms with Crippen LogP contribution < -0.4 is 9.80 Å². The van der Waals surface area contributed by atoms with Crippen LogP contribution in [0.2, 0.25) is 0 Å². The van der Waals surface area contributed by atoms with Crippen LogP contribution in [0.25, 0.3) is 0 Å². The molecule has 1 fully saturated rings. The van der Waals surface area contributed by atoms with E-state index < -0.39 is 10.0 Å². The van der Waals surface area contributed by atoms with Gasteiger partial charge in [0.25, 0.3) is 0 Å². The summed E-state index contributed by atoms with van der Waals surface area (Å²) < 4.78 is 28.1. The van der Waals surface area contributed by atoms with Crippen LogP contribution in [0, 0.1) is 0 Å². The summed E-state index contributed by atoms with van der Waals surface area (Å²) in [5, 5.41) is 0. The average molecular weight is 474 g/mol. The topological polar surface area (TPSA) is 78.0 Å². The first-order chi connectivity index (χ1) is 15.4. The largest absolute Gasteiger partial charge is 0.314 e. The number of hydrogen-bond donors (Lipinski definition) is 0. The lowest BCUT2D eigenvalue weighted by Crippen LogP contribution is -2.44. The van der Waals surface area contributed by atoms with Crippen molar-refractivity contribution in [2.24, 2.45) is 0 Å². The Labute approximate surface area is 193 Å². The smallest absolute Gasteiger partial charge is 0.246 e. The minimum absolute atomic E-state index is 0.148. The van der Waals surface area contributed by atoms with E-state index in [2.05, 4.69) is 0 Å². The fourth-order valence-corrected chi connectivity index (χ4v) is 6.44. The Bertz CT molecular complexity index is 1100. The Morgan fingerprint density at radius 1 is 1.03 bits per heavy atom. The lowest BCUT2D eigenvalue weighted by Gasteiger charge is -2.31. The van der Waals surface area contributed by atoms with Crippen molar-refractivity contribution >= 4 is 45.0 Å². The van der Waals surface area contributed by atoms with Crippen LogP contribution >= 0.6 is 11.8 Å². The number of benzene rings is 2. The highest BCUT2D eigenvalue weighted by Crippen LogP contribution is 2.37. The maximum absolute atomic E-state index is 13.3. The van der Waals surface area contributed by atoms with Gasteiger partial charge in [-0.2, -0.15) is 4.31 Å². The number of thioether (sulfide) groups is 1. The summed E-state index contributed by atoms with van der Waals surface area (Å²) in [5.41, 5.74) is 1.21. The van der Waals surface area contributed by atoms with Crippen LogP contribution in [-0.4, -0.2) is 57.0 Å². The summed E-state index contributed by atoms with van der Waals surface area (Å²) in [6, 6.07) is 14.1. The molecule has 2 amide bonds. The molecular formula is C23H27N3O4S2. The van der Waals surface area contributed by atoms with Crippen LogP contribution in [-0.2, 0) is 19.6 Å². The number of carbonyl (C=O) groups is 2. The Balaban J connectivity index is 1.62. The van der Waals surface area contributed by atoms with Crippen LogP contribution in [0.15, 0.2) is 58.3 Å². The number of hydrogen-bond acceptors (Lipinski definition) is 5. The summed E-state index contributed by atoms with van der Waals surface area (Å²) in [4.78, 5) is 29.6. The van der Waals surface area contributed by atoms with Crippen LogP contribution in [0.5, 0.6) is 0 Å². The molecule has 0 aliphatic carbocycles. The third-order valence-electron chi connectivity index (χ3n) is 5.89. The van der Waals surface area contributed by atoms with E-state index in [1.165, 1.54) is 25.9 Å². The molecule has 2 heterocycles. The molecule has 0 unspecified atom stereocenters. The molecule has 4 rings (SSSR count). The van der Waals surface area contributed by atoms with Gasteiger partial charge in [0, 0.05) is 30.7 Å². The predicted molar refractivity (Wildman–Crippen MR) is 127 cm³/mol. The van der Waals surface area contributed by atoms with Gasteiger partial charge in [-0.25, -0.2) is 8.42 Å². The number of carbonyl (C=O) groups excluding carboxylic acids is 2. The van der Waals surface area contributed by atoms with Gasteiger partial charge >= 0.3 is 0 Å². The third kappa shape index (κ3) is 4.69. The molecule has 9 heteroatoms. The number of amides is 2. The molecule has 2 aromatic rings. The van der Waals surface area contributed by atoms with Gasteiger partial charge in [0.1, 0.15) is 6.54 Å². The second-order valence-electron chi connectivity index (χ2n) is 8.00. The van der Waals surface area contributed by atoms with Gasteiger partial charge in [0.05, 0.1) is 16.3 Å². The molecule has 2 aromatic carbocycles. The molecule has 0 radical (unpaired) electrons. The van der Waals surface area contributed by atoms with E-state index in [9.17, 15) is 18.0 Å². The van der Waals surface area contributed by atoms with E-state index in [4.69, 9.17) is 0 Å². The second kappa shape index (κ2) is 9.64. The first-order valence-corrected chi connectivity index (χ1v) is 13.2. The molecule has 1 saturated heterocycles. The first kappa shape index (κ1) is 22.8. The van der Waals surface area contributed by atoms with E-state index in [-0.39, 0.29) is 29.0 Å². The number of fused-ring (bicyclic) bond motifs is 1. The van der Waals surface area contributed by atoms with Crippen molar-refractivity contribution in [1.82, 2.24) is 4.31 Å². The molecule has 0 saturated carbocycles. The standard InChI is InChI=1S/C23H27N3O4S2/c1-24(18-9-5-4-6-10-18)22(27)16-26-20-15-19(11-12-21(20)31-17-23(26)28)32(29,30)25-13-7-2-3-8-14-25/h4-6,9-12,15H,2-3,7-8,13-14,16-17H2,1H3. The van der Waals surface area contributed by atoms with Gasteiger partial charge in [-0.15, -0.1) is 11.8 Å². The zero-order chi connectivity index (χ0) is 22.7. The SMILES string of the molecule is CN(C(=O)CN1C(=O)CSc2ccc(S(=O)(=O)N3CCCCCC3)cc21)c1ccccc1. The van der Waals surface area contributed by atoms with E-state index in [0.717, 1.165) is 36.3 Å². The van der Waals surface area contributed by atoms with Crippen molar-refractivity contribution in [1.29, 1.82) is 0 Å². The molecule has 0 atom stereocenters. The Kier molecular flexibility index (Phi) is 6.88. The molecule has 2 aliphatic heterocycles. The van der Waals surface area contributed by atoms with E-state index in [1.54, 1.807) is 25.2 Å². The second-order valence-corrected chi connectivity index (χ2v) is 11.0. The molecule has 0 aromatic heterocycles. The molecule has 0 bridgehead atoms. The number of rotatable bonds is 5. The van der Waals surface area contributed by atoms with E-state index in [1.807, 2.05) is 30.3 Å². The van der Waals surface area contributed by atoms with Crippen molar-refractivity contribution in [3.8, 4) is 0 Å². The molecule has 0 N–H and O–H groups in total. The Morgan fingerprint density at radius 2 is 1.72 bits per heavy atom.